The third-order valence-electron chi connectivity index (χ3n) is 5.37. The summed E-state index contributed by atoms with van der Waals surface area (Å²) in [7, 11) is 3.35. The Labute approximate surface area is 190 Å². The molecule has 0 unspecified atom stereocenters. The van der Waals surface area contributed by atoms with Gasteiger partial charge >= 0.3 is 0 Å². The number of anilines is 3. The quantitative estimate of drug-likeness (QED) is 0.290. The molecule has 1 aromatic heterocycles. The van der Waals surface area contributed by atoms with E-state index in [4.69, 9.17) is 9.47 Å². The molecule has 0 atom stereocenters. The molecular weight excluding hydrogens is 418 g/mol. The zero-order valence-electron chi connectivity index (χ0n) is 17.7. The van der Waals surface area contributed by atoms with E-state index in [2.05, 4.69) is 74.3 Å². The highest BCUT2D eigenvalue weighted by molar-refractivity contribution is 7.00. The van der Waals surface area contributed by atoms with E-state index in [0.29, 0.717) is 0 Å². The molecule has 158 valence electrons. The fourth-order valence-electron chi connectivity index (χ4n) is 3.67. The summed E-state index contributed by atoms with van der Waals surface area (Å²) in [4.78, 5) is 2.20. The van der Waals surface area contributed by atoms with Crippen molar-refractivity contribution in [3.05, 3.63) is 91.0 Å². The van der Waals surface area contributed by atoms with Gasteiger partial charge in [-0.25, -0.2) is 0 Å². The Kier molecular flexibility index (Phi) is 5.44. The lowest BCUT2D eigenvalue weighted by atomic mass is 10.0. The zero-order valence-corrected chi connectivity index (χ0v) is 18.5. The van der Waals surface area contributed by atoms with Crippen molar-refractivity contribution in [2.75, 3.05) is 19.1 Å². The summed E-state index contributed by atoms with van der Waals surface area (Å²) in [6, 6.07) is 30.8. The molecule has 0 bridgehead atoms. The predicted octanol–water partition coefficient (Wildman–Crippen LogP) is 6.85. The Bertz CT molecular complexity index is 1280. The van der Waals surface area contributed by atoms with Crippen molar-refractivity contribution in [2.45, 2.75) is 0 Å². The third-order valence-corrected chi connectivity index (χ3v) is 5.93. The molecule has 0 saturated carbocycles. The maximum atomic E-state index is 5.34. The third kappa shape index (κ3) is 3.88. The van der Waals surface area contributed by atoms with Gasteiger partial charge < -0.3 is 14.4 Å². The highest BCUT2D eigenvalue weighted by atomic mass is 32.1. The largest absolute Gasteiger partial charge is 0.497 e. The first-order chi connectivity index (χ1) is 15.7. The van der Waals surface area contributed by atoms with Gasteiger partial charge in [0.1, 0.15) is 22.5 Å². The van der Waals surface area contributed by atoms with Crippen LogP contribution in [0.25, 0.3) is 22.2 Å². The molecule has 0 radical (unpaired) electrons. The van der Waals surface area contributed by atoms with Crippen LogP contribution in [0.15, 0.2) is 91.0 Å². The van der Waals surface area contributed by atoms with Crippen LogP contribution in [0.3, 0.4) is 0 Å². The highest BCUT2D eigenvalue weighted by Crippen LogP contribution is 2.37. The van der Waals surface area contributed by atoms with Crippen LogP contribution in [0.5, 0.6) is 11.5 Å². The summed E-state index contributed by atoms with van der Waals surface area (Å²) in [5.74, 6) is 1.65. The van der Waals surface area contributed by atoms with Gasteiger partial charge in [-0.1, -0.05) is 18.2 Å². The molecule has 0 aliphatic heterocycles. The Morgan fingerprint density at radius 2 is 1.03 bits per heavy atom. The van der Waals surface area contributed by atoms with Crippen molar-refractivity contribution < 1.29 is 9.47 Å². The van der Waals surface area contributed by atoms with Crippen LogP contribution in [-0.4, -0.2) is 23.0 Å². The Morgan fingerprint density at radius 3 is 1.56 bits per heavy atom. The fraction of sp³-hybridized carbons (Fsp3) is 0.0769. The van der Waals surface area contributed by atoms with Crippen molar-refractivity contribution in [2.24, 2.45) is 0 Å². The number of methoxy groups -OCH3 is 2. The summed E-state index contributed by atoms with van der Waals surface area (Å²) in [6.45, 7) is 0. The lowest BCUT2D eigenvalue weighted by Crippen LogP contribution is -2.09. The van der Waals surface area contributed by atoms with Crippen molar-refractivity contribution in [3.63, 3.8) is 0 Å². The van der Waals surface area contributed by atoms with Gasteiger partial charge in [-0.15, -0.1) is 0 Å². The summed E-state index contributed by atoms with van der Waals surface area (Å²) < 4.78 is 19.3. The van der Waals surface area contributed by atoms with E-state index in [0.717, 1.165) is 50.7 Å². The second-order valence-electron chi connectivity index (χ2n) is 7.25. The molecule has 0 aliphatic rings. The molecule has 0 saturated heterocycles. The smallest absolute Gasteiger partial charge is 0.119 e. The summed E-state index contributed by atoms with van der Waals surface area (Å²) in [5.41, 5.74) is 7.25. The molecule has 0 N–H and O–H groups in total. The second kappa shape index (κ2) is 8.69. The Balaban J connectivity index is 1.53. The number of hydrogen-bond donors (Lipinski definition) is 0. The average Bonchev–Trinajstić information content (AvgIpc) is 3.33. The van der Waals surface area contributed by atoms with E-state index in [9.17, 15) is 0 Å². The molecule has 0 fully saturated rings. The van der Waals surface area contributed by atoms with Gasteiger partial charge in [-0.05, 0) is 83.9 Å². The Morgan fingerprint density at radius 1 is 0.562 bits per heavy atom. The number of rotatable bonds is 6. The van der Waals surface area contributed by atoms with Crippen LogP contribution in [0.1, 0.15) is 0 Å². The zero-order chi connectivity index (χ0) is 21.9. The van der Waals surface area contributed by atoms with Crippen LogP contribution in [0.2, 0.25) is 0 Å². The fourth-order valence-corrected chi connectivity index (χ4v) is 4.19. The predicted molar refractivity (Wildman–Crippen MR) is 131 cm³/mol. The molecule has 32 heavy (non-hydrogen) atoms. The molecule has 1 heterocycles. The molecule has 5 aromatic rings. The molecule has 5 rings (SSSR count). The van der Waals surface area contributed by atoms with Gasteiger partial charge in [-0.3, -0.25) is 0 Å². The van der Waals surface area contributed by atoms with E-state index in [-0.39, 0.29) is 0 Å². The molecule has 6 heteroatoms. The molecule has 4 aromatic carbocycles. The SMILES string of the molecule is COc1ccc(N(c2ccc(OC)cc2)c2ccc(-c3ccc4nsnc4c3)cc2)cc1. The lowest BCUT2D eigenvalue weighted by molar-refractivity contribution is 0.415. The molecule has 0 spiro atoms. The van der Waals surface area contributed by atoms with Gasteiger partial charge in [0.2, 0.25) is 0 Å². The first kappa shape index (κ1) is 20.0. The van der Waals surface area contributed by atoms with Crippen LogP contribution in [0, 0.1) is 0 Å². The van der Waals surface area contributed by atoms with Gasteiger partial charge in [-0.2, -0.15) is 8.75 Å². The number of fused-ring (bicyclic) bond motifs is 1. The minimum atomic E-state index is 0.825. The van der Waals surface area contributed by atoms with Crippen molar-refractivity contribution >= 4 is 39.8 Å². The number of ether oxygens (including phenoxy) is 2. The van der Waals surface area contributed by atoms with Gasteiger partial charge in [0.15, 0.2) is 0 Å². The van der Waals surface area contributed by atoms with E-state index in [1.54, 1.807) is 14.2 Å². The van der Waals surface area contributed by atoms with Crippen LogP contribution in [-0.2, 0) is 0 Å². The summed E-state index contributed by atoms with van der Waals surface area (Å²) in [5, 5.41) is 0. The Hall–Kier alpha value is -3.90. The maximum absolute atomic E-state index is 5.34. The van der Waals surface area contributed by atoms with E-state index in [1.165, 1.54) is 11.7 Å². The second-order valence-corrected chi connectivity index (χ2v) is 7.77. The molecule has 0 aliphatic carbocycles. The minimum Gasteiger partial charge on any atom is -0.497 e. The molecular formula is C26H21N3O2S. The summed E-state index contributed by atoms with van der Waals surface area (Å²) in [6.07, 6.45) is 0. The van der Waals surface area contributed by atoms with Crippen molar-refractivity contribution in [3.8, 4) is 22.6 Å². The molecule has 5 nitrogen and oxygen atoms in total. The average molecular weight is 440 g/mol. The highest BCUT2D eigenvalue weighted by Gasteiger charge is 2.13. The lowest BCUT2D eigenvalue weighted by Gasteiger charge is -2.26. The van der Waals surface area contributed by atoms with Crippen LogP contribution in [0.4, 0.5) is 17.1 Å². The number of nitrogens with zero attached hydrogens (tertiary/aromatic N) is 3. The van der Waals surface area contributed by atoms with Gasteiger partial charge in [0.25, 0.3) is 0 Å². The standard InChI is InChI=1S/C26H21N3O2S/c1-30-23-12-8-21(9-13-23)29(22-10-14-24(31-2)15-11-22)20-6-3-18(4-7-20)19-5-16-25-26(17-19)28-32-27-25/h3-17H,1-2H3. The first-order valence-corrected chi connectivity index (χ1v) is 10.9. The normalized spacial score (nSPS) is 10.8. The van der Waals surface area contributed by atoms with Crippen LogP contribution < -0.4 is 14.4 Å². The number of aromatic nitrogens is 2. The van der Waals surface area contributed by atoms with Crippen molar-refractivity contribution in [1.82, 2.24) is 8.75 Å². The maximum Gasteiger partial charge on any atom is 0.119 e. The van der Waals surface area contributed by atoms with E-state index >= 15 is 0 Å². The number of benzene rings is 4. The number of hydrogen-bond acceptors (Lipinski definition) is 6. The topological polar surface area (TPSA) is 47.5 Å². The minimum absolute atomic E-state index is 0.825. The first-order valence-electron chi connectivity index (χ1n) is 10.2. The van der Waals surface area contributed by atoms with Gasteiger partial charge in [0.05, 0.1) is 25.9 Å². The van der Waals surface area contributed by atoms with Crippen LogP contribution >= 0.6 is 11.7 Å². The molecule has 0 amide bonds. The van der Waals surface area contributed by atoms with Crippen molar-refractivity contribution in [1.29, 1.82) is 0 Å². The van der Waals surface area contributed by atoms with Gasteiger partial charge in [0, 0.05) is 17.1 Å². The van der Waals surface area contributed by atoms with E-state index < -0.39 is 0 Å². The van der Waals surface area contributed by atoms with E-state index in [1.807, 2.05) is 30.3 Å². The summed E-state index contributed by atoms with van der Waals surface area (Å²) >= 11 is 1.24. The monoisotopic (exact) mass is 439 g/mol.